The molecule has 0 saturated heterocycles. The molecule has 15 heavy (non-hydrogen) atoms. The normalized spacial score (nSPS) is 27.3. The van der Waals surface area contributed by atoms with Crippen molar-refractivity contribution in [2.75, 3.05) is 0 Å². The van der Waals surface area contributed by atoms with Crippen molar-refractivity contribution in [2.45, 2.75) is 42.8 Å². The van der Waals surface area contributed by atoms with E-state index >= 15 is 0 Å². The van der Waals surface area contributed by atoms with Gasteiger partial charge in [-0.25, -0.2) is 4.39 Å². The first kappa shape index (κ1) is 11.1. The largest absolute Gasteiger partial charge is 0.207 e. The lowest BCUT2D eigenvalue weighted by Gasteiger charge is -2.16. The van der Waals surface area contributed by atoms with Crippen molar-refractivity contribution < 1.29 is 4.39 Å². The van der Waals surface area contributed by atoms with Crippen LogP contribution in [0.2, 0.25) is 0 Å². The van der Waals surface area contributed by atoms with Gasteiger partial charge in [-0.1, -0.05) is 40.9 Å². The molecule has 1 aromatic carbocycles. The van der Waals surface area contributed by atoms with E-state index in [-0.39, 0.29) is 5.82 Å². The Bertz CT molecular complexity index is 324. The molecular weight excluding hydrogens is 255 g/mol. The van der Waals surface area contributed by atoms with Crippen molar-refractivity contribution in [2.24, 2.45) is 0 Å². The van der Waals surface area contributed by atoms with Gasteiger partial charge in [0.1, 0.15) is 5.82 Å². The molecule has 0 bridgehead atoms. The fourth-order valence-corrected chi connectivity index (χ4v) is 3.14. The fourth-order valence-electron chi connectivity index (χ4n) is 2.36. The molecule has 1 saturated carbocycles. The maximum atomic E-state index is 13.1. The van der Waals surface area contributed by atoms with Crippen LogP contribution in [0, 0.1) is 5.82 Å². The zero-order valence-electron chi connectivity index (χ0n) is 8.76. The van der Waals surface area contributed by atoms with E-state index in [1.165, 1.54) is 37.3 Å². The monoisotopic (exact) mass is 270 g/mol. The zero-order chi connectivity index (χ0) is 10.7. The van der Waals surface area contributed by atoms with Crippen LogP contribution < -0.4 is 0 Å². The number of benzene rings is 1. The van der Waals surface area contributed by atoms with Gasteiger partial charge in [0.2, 0.25) is 0 Å². The highest BCUT2D eigenvalue weighted by Gasteiger charge is 2.19. The standard InChI is InChI=1S/C13H16BrF/c14-12-6-2-1-4-10(8-12)11-5-3-7-13(15)9-11/h3,5,7,9-10,12H,1-2,4,6,8H2. The fraction of sp³-hybridized carbons (Fsp3) is 0.538. The lowest BCUT2D eigenvalue weighted by atomic mass is 9.92. The summed E-state index contributed by atoms with van der Waals surface area (Å²) in [7, 11) is 0. The molecule has 0 nitrogen and oxygen atoms in total. The molecule has 1 fully saturated rings. The van der Waals surface area contributed by atoms with Gasteiger partial charge in [0.25, 0.3) is 0 Å². The summed E-state index contributed by atoms with van der Waals surface area (Å²) >= 11 is 3.70. The third-order valence-corrected chi connectivity index (χ3v) is 4.01. The van der Waals surface area contributed by atoms with Crippen molar-refractivity contribution in [3.05, 3.63) is 35.6 Å². The summed E-state index contributed by atoms with van der Waals surface area (Å²) in [6.45, 7) is 0. The SMILES string of the molecule is Fc1cccc(C2CCCCC(Br)C2)c1. The third kappa shape index (κ3) is 3.04. The Kier molecular flexibility index (Phi) is 3.79. The first-order valence-electron chi connectivity index (χ1n) is 5.65. The van der Waals surface area contributed by atoms with Gasteiger partial charge in [-0.2, -0.15) is 0 Å². The molecule has 1 aromatic rings. The first-order valence-corrected chi connectivity index (χ1v) is 6.57. The average molecular weight is 271 g/mol. The van der Waals surface area contributed by atoms with Gasteiger partial charge in [0, 0.05) is 4.83 Å². The van der Waals surface area contributed by atoms with E-state index in [0.29, 0.717) is 10.7 Å². The molecule has 2 unspecified atom stereocenters. The Hall–Kier alpha value is -0.370. The van der Waals surface area contributed by atoms with E-state index < -0.39 is 0 Å². The molecule has 0 N–H and O–H groups in total. The van der Waals surface area contributed by atoms with E-state index in [9.17, 15) is 4.39 Å². The Morgan fingerprint density at radius 2 is 2.00 bits per heavy atom. The minimum atomic E-state index is -0.108. The Morgan fingerprint density at radius 1 is 1.20 bits per heavy atom. The molecule has 1 aliphatic carbocycles. The average Bonchev–Trinajstić information content (AvgIpc) is 2.43. The Labute approximate surface area is 99.0 Å². The Balaban J connectivity index is 2.14. The van der Waals surface area contributed by atoms with Gasteiger partial charge in [0.05, 0.1) is 0 Å². The number of alkyl halides is 1. The topological polar surface area (TPSA) is 0 Å². The van der Waals surface area contributed by atoms with Crippen LogP contribution in [0.1, 0.15) is 43.6 Å². The van der Waals surface area contributed by atoms with Crippen LogP contribution in [0.5, 0.6) is 0 Å². The summed E-state index contributed by atoms with van der Waals surface area (Å²) in [5, 5.41) is 0. The number of hydrogen-bond donors (Lipinski definition) is 0. The lowest BCUT2D eigenvalue weighted by Crippen LogP contribution is -2.03. The van der Waals surface area contributed by atoms with Crippen molar-refractivity contribution >= 4 is 15.9 Å². The van der Waals surface area contributed by atoms with Crippen molar-refractivity contribution in [3.63, 3.8) is 0 Å². The van der Waals surface area contributed by atoms with E-state index in [1.54, 1.807) is 6.07 Å². The molecule has 0 radical (unpaired) electrons. The molecule has 0 amide bonds. The third-order valence-electron chi connectivity index (χ3n) is 3.18. The highest BCUT2D eigenvalue weighted by molar-refractivity contribution is 9.09. The molecule has 0 aliphatic heterocycles. The highest BCUT2D eigenvalue weighted by atomic mass is 79.9. The van der Waals surface area contributed by atoms with Gasteiger partial charge in [-0.3, -0.25) is 0 Å². The number of hydrogen-bond acceptors (Lipinski definition) is 0. The molecule has 2 heteroatoms. The predicted molar refractivity (Wildman–Crippen MR) is 64.9 cm³/mol. The van der Waals surface area contributed by atoms with Gasteiger partial charge in [0.15, 0.2) is 0 Å². The van der Waals surface area contributed by atoms with E-state index in [4.69, 9.17) is 0 Å². The molecule has 1 aliphatic rings. The van der Waals surface area contributed by atoms with Gasteiger partial charge >= 0.3 is 0 Å². The molecule has 82 valence electrons. The van der Waals surface area contributed by atoms with Gasteiger partial charge in [-0.05, 0) is 42.9 Å². The first-order chi connectivity index (χ1) is 7.25. The summed E-state index contributed by atoms with van der Waals surface area (Å²) in [5.74, 6) is 0.426. The number of halogens is 2. The lowest BCUT2D eigenvalue weighted by molar-refractivity contribution is 0.584. The summed E-state index contributed by atoms with van der Waals surface area (Å²) in [6.07, 6.45) is 6.16. The summed E-state index contributed by atoms with van der Waals surface area (Å²) in [6, 6.07) is 7.08. The van der Waals surface area contributed by atoms with Gasteiger partial charge in [-0.15, -0.1) is 0 Å². The number of rotatable bonds is 1. The molecule has 0 spiro atoms. The van der Waals surface area contributed by atoms with E-state index in [2.05, 4.69) is 22.0 Å². The van der Waals surface area contributed by atoms with Crippen LogP contribution in [0.3, 0.4) is 0 Å². The van der Waals surface area contributed by atoms with Gasteiger partial charge < -0.3 is 0 Å². The summed E-state index contributed by atoms with van der Waals surface area (Å²) in [5.41, 5.74) is 1.17. The minimum absolute atomic E-state index is 0.108. The maximum absolute atomic E-state index is 13.1. The summed E-state index contributed by atoms with van der Waals surface area (Å²) < 4.78 is 13.1. The van der Waals surface area contributed by atoms with Crippen molar-refractivity contribution in [1.82, 2.24) is 0 Å². The second-order valence-electron chi connectivity index (χ2n) is 4.37. The molecule has 2 atom stereocenters. The summed E-state index contributed by atoms with van der Waals surface area (Å²) in [4.78, 5) is 0.605. The Morgan fingerprint density at radius 3 is 2.80 bits per heavy atom. The molecular formula is C13H16BrF. The van der Waals surface area contributed by atoms with E-state index in [1.807, 2.05) is 6.07 Å². The molecule has 0 aromatic heterocycles. The van der Waals surface area contributed by atoms with Crippen LogP contribution in [0.15, 0.2) is 24.3 Å². The zero-order valence-corrected chi connectivity index (χ0v) is 10.3. The van der Waals surface area contributed by atoms with E-state index in [0.717, 1.165) is 6.42 Å². The molecule has 2 rings (SSSR count). The smallest absolute Gasteiger partial charge is 0.123 e. The second kappa shape index (κ2) is 5.11. The highest BCUT2D eigenvalue weighted by Crippen LogP contribution is 2.34. The second-order valence-corrected chi connectivity index (χ2v) is 5.66. The van der Waals surface area contributed by atoms with Crippen LogP contribution >= 0.6 is 15.9 Å². The van der Waals surface area contributed by atoms with Crippen molar-refractivity contribution in [1.29, 1.82) is 0 Å². The molecule has 0 heterocycles. The minimum Gasteiger partial charge on any atom is -0.207 e. The predicted octanol–water partition coefficient (Wildman–Crippen LogP) is 4.64. The van der Waals surface area contributed by atoms with Crippen LogP contribution in [0.25, 0.3) is 0 Å². The van der Waals surface area contributed by atoms with Crippen molar-refractivity contribution in [3.8, 4) is 0 Å². The van der Waals surface area contributed by atoms with Crippen LogP contribution in [0.4, 0.5) is 4.39 Å². The quantitative estimate of drug-likeness (QED) is 0.515. The maximum Gasteiger partial charge on any atom is 0.123 e. The van der Waals surface area contributed by atoms with Crippen LogP contribution in [-0.4, -0.2) is 4.83 Å². The van der Waals surface area contributed by atoms with Crippen LogP contribution in [-0.2, 0) is 0 Å².